The number of hydrogen-bond acceptors (Lipinski definition) is 2. The maximum Gasteiger partial charge on any atom is 0.109 e. The molecule has 0 aromatic rings. The first-order valence-corrected chi connectivity index (χ1v) is 3.49. The molecule has 0 N–H and O–H groups in total. The van der Waals surface area contributed by atoms with Gasteiger partial charge >= 0.3 is 0 Å². The van der Waals surface area contributed by atoms with Gasteiger partial charge in [0, 0.05) is 12.4 Å². The van der Waals surface area contributed by atoms with E-state index in [9.17, 15) is 0 Å². The molecule has 0 radical (unpaired) electrons. The minimum Gasteiger partial charge on any atom is -0.301 e. The molecule has 2 nitrogen and oxygen atoms in total. The van der Waals surface area contributed by atoms with Crippen LogP contribution in [0.25, 0.3) is 0 Å². The molecule has 0 amide bonds. The first-order valence-electron chi connectivity index (χ1n) is 1.82. The minimum absolute atomic E-state index is 0.931. The van der Waals surface area contributed by atoms with Crippen LogP contribution >= 0.6 is 39.0 Å². The van der Waals surface area contributed by atoms with E-state index in [1.807, 2.05) is 19.4 Å². The molecule has 0 bridgehead atoms. The quantitative estimate of drug-likeness (QED) is 0.490. The van der Waals surface area contributed by atoms with E-state index < -0.39 is 0 Å². The summed E-state index contributed by atoms with van der Waals surface area (Å²) in [5.74, 6) is 0. The first kappa shape index (κ1) is 5.68. The van der Waals surface area contributed by atoms with Gasteiger partial charge in [0.1, 0.15) is 6.67 Å². The molecule has 0 aromatic heterocycles. The van der Waals surface area contributed by atoms with Gasteiger partial charge in [-0.05, 0) is 0 Å². The lowest BCUT2D eigenvalue weighted by Gasteiger charge is -2.05. The highest BCUT2D eigenvalue weighted by Gasteiger charge is 2.03. The third kappa shape index (κ3) is 1.49. The molecule has 0 aliphatic carbocycles. The average molecular weight is 275 g/mol. The van der Waals surface area contributed by atoms with Gasteiger partial charge in [-0.2, -0.15) is 0 Å². The summed E-state index contributed by atoms with van der Waals surface area (Å²) >= 11 is 5.50. The van der Waals surface area contributed by atoms with Gasteiger partial charge in [0.05, 0.1) is 39.0 Å². The van der Waals surface area contributed by atoms with Crippen molar-refractivity contribution in [2.24, 2.45) is 0 Å². The van der Waals surface area contributed by atoms with E-state index in [-0.39, 0.29) is 0 Å². The van der Waals surface area contributed by atoms with Gasteiger partial charge in [0.2, 0.25) is 0 Å². The van der Waals surface area contributed by atoms with Crippen molar-refractivity contribution >= 4 is 39.0 Å². The zero-order valence-corrected chi connectivity index (χ0v) is 7.26. The normalized spacial score (nSPS) is 19.1. The van der Waals surface area contributed by atoms with E-state index in [1.165, 1.54) is 0 Å². The van der Waals surface area contributed by atoms with Crippen LogP contribution in [0.3, 0.4) is 0 Å². The highest BCUT2D eigenvalue weighted by molar-refractivity contribution is 14.1. The van der Waals surface area contributed by atoms with Gasteiger partial charge in [0.25, 0.3) is 0 Å². The third-order valence-electron chi connectivity index (χ3n) is 0.660. The van der Waals surface area contributed by atoms with Crippen molar-refractivity contribution in [3.8, 4) is 0 Å². The average Bonchev–Trinajstić information content (AvgIpc) is 1.87. The Morgan fingerprint density at radius 1 is 1.57 bits per heavy atom. The molecule has 1 aliphatic heterocycles. The largest absolute Gasteiger partial charge is 0.301 e. The Hall–Kier alpha value is 0.550. The van der Waals surface area contributed by atoms with E-state index in [0.717, 1.165) is 6.67 Å². The van der Waals surface area contributed by atoms with Crippen molar-refractivity contribution in [3.63, 3.8) is 0 Å². The van der Waals surface area contributed by atoms with E-state index in [2.05, 4.69) is 39.0 Å². The van der Waals surface area contributed by atoms with Crippen LogP contribution in [-0.4, -0.2) is 13.7 Å². The lowest BCUT2D eigenvalue weighted by atomic mass is 11.0. The van der Waals surface area contributed by atoms with Crippen LogP contribution in [0.5, 0.6) is 0 Å². The summed E-state index contributed by atoms with van der Waals surface area (Å²) in [5.41, 5.74) is 0. The molecular formula is C3H4BrIN2. The molecule has 0 spiro atoms. The molecule has 1 rings (SSSR count). The van der Waals surface area contributed by atoms with Crippen molar-refractivity contribution in [3.05, 3.63) is 12.4 Å². The molecule has 1 heterocycles. The van der Waals surface area contributed by atoms with Crippen molar-refractivity contribution < 1.29 is 0 Å². The predicted molar refractivity (Wildman–Crippen MR) is 40.6 cm³/mol. The molecule has 40 valence electrons. The maximum atomic E-state index is 3.28. The Morgan fingerprint density at radius 2 is 2.29 bits per heavy atom. The predicted octanol–water partition coefficient (Wildman–Crippen LogP) is 1.69. The fourth-order valence-electron chi connectivity index (χ4n) is 0.368. The lowest BCUT2D eigenvalue weighted by molar-refractivity contribution is 0.558. The molecule has 0 saturated heterocycles. The Kier molecular flexibility index (Phi) is 1.80. The van der Waals surface area contributed by atoms with Gasteiger partial charge in [-0.25, -0.2) is 0 Å². The summed E-state index contributed by atoms with van der Waals surface area (Å²) in [6.45, 7) is 0.931. The topological polar surface area (TPSA) is 6.48 Å². The number of halogens is 2. The zero-order valence-electron chi connectivity index (χ0n) is 3.51. The van der Waals surface area contributed by atoms with Gasteiger partial charge in [-0.15, -0.1) is 0 Å². The molecule has 1 aliphatic rings. The van der Waals surface area contributed by atoms with Gasteiger partial charge in [0.15, 0.2) is 0 Å². The summed E-state index contributed by atoms with van der Waals surface area (Å²) in [5, 5.41) is 0. The lowest BCUT2D eigenvalue weighted by Crippen LogP contribution is -2.07. The highest BCUT2D eigenvalue weighted by Crippen LogP contribution is 2.13. The Balaban J connectivity index is 2.42. The van der Waals surface area contributed by atoms with Crippen LogP contribution in [0.4, 0.5) is 0 Å². The number of nitrogens with zero attached hydrogens (tertiary/aromatic N) is 2. The summed E-state index contributed by atoms with van der Waals surface area (Å²) in [6.07, 6.45) is 3.96. The molecule has 0 saturated carbocycles. The smallest absolute Gasteiger partial charge is 0.109 e. The van der Waals surface area contributed by atoms with E-state index in [1.54, 1.807) is 0 Å². The van der Waals surface area contributed by atoms with Crippen LogP contribution in [-0.2, 0) is 0 Å². The van der Waals surface area contributed by atoms with Crippen molar-refractivity contribution in [2.45, 2.75) is 0 Å². The minimum atomic E-state index is 0.931. The second-order valence-corrected chi connectivity index (χ2v) is 3.39. The van der Waals surface area contributed by atoms with Crippen LogP contribution in [0.2, 0.25) is 0 Å². The Morgan fingerprint density at radius 3 is 2.43 bits per heavy atom. The Labute approximate surface area is 65.0 Å². The summed E-state index contributed by atoms with van der Waals surface area (Å²) in [6, 6.07) is 0. The SMILES string of the molecule is BrN1C=CN(I)C1. The molecular weight excluding hydrogens is 271 g/mol. The van der Waals surface area contributed by atoms with Gasteiger partial charge in [-0.1, -0.05) is 0 Å². The first-order chi connectivity index (χ1) is 3.29. The van der Waals surface area contributed by atoms with Gasteiger partial charge < -0.3 is 3.11 Å². The summed E-state index contributed by atoms with van der Waals surface area (Å²) in [4.78, 5) is 0. The summed E-state index contributed by atoms with van der Waals surface area (Å²) < 4.78 is 3.98. The third-order valence-corrected chi connectivity index (χ3v) is 1.75. The molecule has 0 fully saturated rings. The van der Waals surface area contributed by atoms with Crippen LogP contribution in [0.15, 0.2) is 12.4 Å². The standard InChI is InChI=1S/C3H4BrIN2/c4-6-1-2-7(5)3-6/h1-2H,3H2. The zero-order chi connectivity index (χ0) is 5.28. The molecule has 4 heteroatoms. The Bertz CT molecular complexity index is 84.9. The number of hydrogen-bond donors (Lipinski definition) is 0. The van der Waals surface area contributed by atoms with Crippen molar-refractivity contribution in [1.29, 1.82) is 0 Å². The van der Waals surface area contributed by atoms with Crippen molar-refractivity contribution in [1.82, 2.24) is 7.04 Å². The second kappa shape index (κ2) is 2.21. The molecule has 0 atom stereocenters. The molecule has 0 unspecified atom stereocenters. The molecule has 0 aromatic carbocycles. The van der Waals surface area contributed by atoms with Crippen molar-refractivity contribution in [2.75, 3.05) is 6.67 Å². The monoisotopic (exact) mass is 274 g/mol. The maximum absolute atomic E-state index is 3.28. The summed E-state index contributed by atoms with van der Waals surface area (Å²) in [7, 11) is 0. The van der Waals surface area contributed by atoms with Gasteiger partial charge in [-0.3, -0.25) is 3.93 Å². The van der Waals surface area contributed by atoms with Crippen LogP contribution in [0.1, 0.15) is 0 Å². The fraction of sp³-hybridized carbons (Fsp3) is 0.333. The van der Waals surface area contributed by atoms with E-state index >= 15 is 0 Å². The molecule has 7 heavy (non-hydrogen) atoms. The fourth-order valence-corrected chi connectivity index (χ4v) is 1.61. The second-order valence-electron chi connectivity index (χ2n) is 1.24. The number of rotatable bonds is 0. The van der Waals surface area contributed by atoms with Crippen LogP contribution in [0, 0.1) is 0 Å². The van der Waals surface area contributed by atoms with Crippen LogP contribution < -0.4 is 0 Å². The van der Waals surface area contributed by atoms with E-state index in [4.69, 9.17) is 0 Å². The van der Waals surface area contributed by atoms with E-state index in [0.29, 0.717) is 0 Å². The highest BCUT2D eigenvalue weighted by atomic mass is 127.